The van der Waals surface area contributed by atoms with Crippen LogP contribution < -0.4 is 0 Å². The summed E-state index contributed by atoms with van der Waals surface area (Å²) in [6.45, 7) is 0. The van der Waals surface area contributed by atoms with Crippen molar-refractivity contribution >= 4 is 61.0 Å². The van der Waals surface area contributed by atoms with Crippen LogP contribution in [-0.4, -0.2) is 4.98 Å². The van der Waals surface area contributed by atoms with E-state index in [2.05, 4.69) is 43.5 Å². The van der Waals surface area contributed by atoms with E-state index in [1.807, 2.05) is 0 Å². The fraction of sp³-hybridized carbons (Fsp3) is 0. The van der Waals surface area contributed by atoms with Gasteiger partial charge in [0.2, 0.25) is 0 Å². The second-order valence-corrected chi connectivity index (χ2v) is 5.07. The molecule has 0 aliphatic carbocycles. The molecule has 72 valence electrons. The van der Waals surface area contributed by atoms with Gasteiger partial charge in [-0.1, -0.05) is 27.5 Å². The smallest absolute Gasteiger partial charge is 0.149 e. The van der Waals surface area contributed by atoms with E-state index >= 15 is 0 Å². The van der Waals surface area contributed by atoms with E-state index in [1.165, 1.54) is 6.07 Å². The van der Waals surface area contributed by atoms with E-state index in [9.17, 15) is 4.39 Å². The molecule has 5 heteroatoms. The average Bonchev–Trinajstić information content (AvgIpc) is 2.16. The van der Waals surface area contributed by atoms with Gasteiger partial charge in [-0.05, 0) is 34.7 Å². The third-order valence-corrected chi connectivity index (χ3v) is 4.00. The van der Waals surface area contributed by atoms with Gasteiger partial charge in [0.05, 0.1) is 8.59 Å². The second kappa shape index (κ2) is 3.90. The summed E-state index contributed by atoms with van der Waals surface area (Å²) in [5.41, 5.74) is 0.296. The van der Waals surface area contributed by atoms with Crippen LogP contribution in [0.1, 0.15) is 0 Å². The largest absolute Gasteiger partial charge is 0.252 e. The Balaban J connectivity index is 3.01. The van der Waals surface area contributed by atoms with E-state index in [4.69, 9.17) is 11.6 Å². The molecule has 14 heavy (non-hydrogen) atoms. The average molecular weight is 386 g/mol. The molecule has 0 aliphatic heterocycles. The zero-order valence-corrected chi connectivity index (χ0v) is 11.2. The number of benzene rings is 1. The van der Waals surface area contributed by atoms with E-state index in [-0.39, 0.29) is 5.82 Å². The van der Waals surface area contributed by atoms with E-state index in [1.54, 1.807) is 12.3 Å². The maximum absolute atomic E-state index is 13.3. The summed E-state index contributed by atoms with van der Waals surface area (Å²) in [6, 6.07) is 2.99. The van der Waals surface area contributed by atoms with Crippen molar-refractivity contribution in [2.75, 3.05) is 0 Å². The fourth-order valence-electron chi connectivity index (χ4n) is 1.17. The van der Waals surface area contributed by atoms with Crippen LogP contribution in [0.3, 0.4) is 0 Å². The van der Waals surface area contributed by atoms with Gasteiger partial charge in [-0.2, -0.15) is 0 Å². The van der Waals surface area contributed by atoms with Crippen molar-refractivity contribution in [3.05, 3.63) is 37.2 Å². The van der Waals surface area contributed by atoms with Gasteiger partial charge in [-0.15, -0.1) is 0 Å². The summed E-state index contributed by atoms with van der Waals surface area (Å²) < 4.78 is 14.9. The van der Waals surface area contributed by atoms with Crippen LogP contribution >= 0.6 is 50.1 Å². The first-order chi connectivity index (χ1) is 6.61. The Morgan fingerprint density at radius 2 is 2.14 bits per heavy atom. The predicted octanol–water partition coefficient (Wildman–Crippen LogP) is 4.39. The quantitative estimate of drug-likeness (QED) is 0.612. The normalized spacial score (nSPS) is 10.9. The van der Waals surface area contributed by atoms with Crippen LogP contribution in [0.5, 0.6) is 0 Å². The van der Waals surface area contributed by atoms with Gasteiger partial charge in [0, 0.05) is 16.1 Å². The number of hydrogen-bond acceptors (Lipinski definition) is 1. The Hall–Kier alpha value is 0.0600. The summed E-state index contributed by atoms with van der Waals surface area (Å²) in [7, 11) is 0. The highest BCUT2D eigenvalue weighted by atomic mass is 127. The number of hydrogen-bond donors (Lipinski definition) is 0. The monoisotopic (exact) mass is 385 g/mol. The van der Waals surface area contributed by atoms with Crippen molar-refractivity contribution in [1.29, 1.82) is 0 Å². The van der Waals surface area contributed by atoms with E-state index in [0.29, 0.717) is 15.9 Å². The van der Waals surface area contributed by atoms with Crippen LogP contribution in [0, 0.1) is 9.39 Å². The molecule has 2 aromatic rings. The molecular weight excluding hydrogens is 383 g/mol. The molecular formula is C9H3BrClFIN. The lowest BCUT2D eigenvalue weighted by Gasteiger charge is -2.04. The van der Waals surface area contributed by atoms with E-state index < -0.39 is 0 Å². The second-order valence-electron chi connectivity index (χ2n) is 2.67. The number of pyridine rings is 1. The van der Waals surface area contributed by atoms with Crippen molar-refractivity contribution in [3.8, 4) is 0 Å². The van der Waals surface area contributed by atoms with Gasteiger partial charge >= 0.3 is 0 Å². The van der Waals surface area contributed by atoms with Gasteiger partial charge in [0.25, 0.3) is 0 Å². The minimum atomic E-state index is -0.360. The Labute approximate surface area is 107 Å². The lowest BCUT2D eigenvalue weighted by Crippen LogP contribution is -1.88. The number of halogens is 4. The fourth-order valence-corrected chi connectivity index (χ4v) is 2.45. The van der Waals surface area contributed by atoms with Crippen molar-refractivity contribution in [1.82, 2.24) is 4.98 Å². The van der Waals surface area contributed by atoms with E-state index in [0.717, 1.165) is 8.04 Å². The first-order valence-corrected chi connectivity index (χ1v) is 5.94. The maximum atomic E-state index is 13.3. The minimum Gasteiger partial charge on any atom is -0.252 e. The molecule has 0 saturated carbocycles. The molecule has 0 saturated heterocycles. The highest BCUT2D eigenvalue weighted by molar-refractivity contribution is 14.1. The number of rotatable bonds is 0. The van der Waals surface area contributed by atoms with Gasteiger partial charge in [-0.3, -0.25) is 4.98 Å². The van der Waals surface area contributed by atoms with Gasteiger partial charge in [0.1, 0.15) is 11.3 Å². The molecule has 0 atom stereocenters. The molecule has 1 aromatic carbocycles. The SMILES string of the molecule is Fc1ccc(Br)c2c(Cl)c(I)cnc12. The van der Waals surface area contributed by atoms with Crippen LogP contribution in [0.2, 0.25) is 5.02 Å². The predicted molar refractivity (Wildman–Crippen MR) is 67.1 cm³/mol. The highest BCUT2D eigenvalue weighted by Crippen LogP contribution is 2.33. The third-order valence-electron chi connectivity index (χ3n) is 1.81. The van der Waals surface area contributed by atoms with Crippen molar-refractivity contribution in [2.24, 2.45) is 0 Å². The lowest BCUT2D eigenvalue weighted by molar-refractivity contribution is 0.636. The van der Waals surface area contributed by atoms with Crippen molar-refractivity contribution in [2.45, 2.75) is 0 Å². The molecule has 0 fully saturated rings. The number of fused-ring (bicyclic) bond motifs is 1. The molecule has 1 heterocycles. The van der Waals surface area contributed by atoms with Gasteiger partial charge in [-0.25, -0.2) is 4.39 Å². The number of aromatic nitrogens is 1. The van der Waals surface area contributed by atoms with Crippen LogP contribution in [0.15, 0.2) is 22.8 Å². The Morgan fingerprint density at radius 3 is 2.86 bits per heavy atom. The molecule has 1 nitrogen and oxygen atoms in total. The summed E-state index contributed by atoms with van der Waals surface area (Å²) >= 11 is 11.4. The Kier molecular flexibility index (Phi) is 2.95. The molecule has 2 rings (SSSR count). The first-order valence-electron chi connectivity index (χ1n) is 3.69. The highest BCUT2D eigenvalue weighted by Gasteiger charge is 2.11. The summed E-state index contributed by atoms with van der Waals surface area (Å²) in [5, 5.41) is 1.15. The molecule has 0 N–H and O–H groups in total. The third kappa shape index (κ3) is 1.63. The maximum Gasteiger partial charge on any atom is 0.149 e. The Morgan fingerprint density at radius 1 is 1.43 bits per heavy atom. The van der Waals surface area contributed by atoms with Crippen molar-refractivity contribution in [3.63, 3.8) is 0 Å². The molecule has 0 spiro atoms. The number of nitrogens with zero attached hydrogens (tertiary/aromatic N) is 1. The van der Waals surface area contributed by atoms with Crippen molar-refractivity contribution < 1.29 is 4.39 Å². The van der Waals surface area contributed by atoms with Gasteiger partial charge < -0.3 is 0 Å². The standard InChI is InChI=1S/C9H3BrClFIN/c10-4-1-2-5(12)9-7(4)8(11)6(13)3-14-9/h1-3H. The van der Waals surface area contributed by atoms with Crippen LogP contribution in [-0.2, 0) is 0 Å². The molecule has 0 amide bonds. The van der Waals surface area contributed by atoms with Gasteiger partial charge in [0.15, 0.2) is 0 Å². The minimum absolute atomic E-state index is 0.296. The topological polar surface area (TPSA) is 12.9 Å². The Bertz CT molecular complexity index is 518. The summed E-state index contributed by atoms with van der Waals surface area (Å²) in [6.07, 6.45) is 1.56. The molecule has 1 aromatic heterocycles. The molecule has 0 radical (unpaired) electrons. The first kappa shape index (κ1) is 10.6. The van der Waals surface area contributed by atoms with Crippen LogP contribution in [0.25, 0.3) is 10.9 Å². The lowest BCUT2D eigenvalue weighted by atomic mass is 10.2. The molecule has 0 aliphatic rings. The zero-order chi connectivity index (χ0) is 10.3. The molecule has 0 unspecified atom stereocenters. The zero-order valence-electron chi connectivity index (χ0n) is 6.69. The molecule has 0 bridgehead atoms. The summed E-state index contributed by atoms with van der Waals surface area (Å²) in [5.74, 6) is -0.360. The van der Waals surface area contributed by atoms with Crippen LogP contribution in [0.4, 0.5) is 4.39 Å². The summed E-state index contributed by atoms with van der Waals surface area (Å²) in [4.78, 5) is 4.00.